The number of hydrogen-bond donors (Lipinski definition) is 0. The van der Waals surface area contributed by atoms with E-state index in [4.69, 9.17) is 4.74 Å². The van der Waals surface area contributed by atoms with Gasteiger partial charge in [-0.05, 0) is 415 Å². The monoisotopic (exact) mass is 1750 g/mol. The third kappa shape index (κ3) is 44.1. The van der Waals surface area contributed by atoms with Gasteiger partial charge in [-0.3, -0.25) is 4.79 Å². The van der Waals surface area contributed by atoms with Gasteiger partial charge in [-0.25, -0.2) is 0 Å². The van der Waals surface area contributed by atoms with Crippen LogP contribution in [0, 0.1) is 229 Å². The first-order chi connectivity index (χ1) is 59.5. The van der Waals surface area contributed by atoms with Crippen molar-refractivity contribution in [3.63, 3.8) is 0 Å². The van der Waals surface area contributed by atoms with Gasteiger partial charge in [0.05, 0.1) is 0 Å². The number of rotatable bonds is 13. The molecule has 14 atom stereocenters. The van der Waals surface area contributed by atoms with Gasteiger partial charge in [0.25, 0.3) is 0 Å². The molecule has 0 aliphatic heterocycles. The Bertz CT molecular complexity index is 4120. The minimum absolute atomic E-state index is 0.0983. The molecule has 716 valence electrons. The van der Waals surface area contributed by atoms with E-state index in [9.17, 15) is 4.79 Å². The lowest BCUT2D eigenvalue weighted by Gasteiger charge is -2.36. The number of ketones is 1. The van der Waals surface area contributed by atoms with Crippen LogP contribution in [-0.4, -0.2) is 56.9 Å². The number of carbonyl (C=O) groups excluding carboxylic acids is 1. The summed E-state index contributed by atoms with van der Waals surface area (Å²) in [6.45, 7) is 92.5. The quantitative estimate of drug-likeness (QED) is 0.108. The van der Waals surface area contributed by atoms with Crippen LogP contribution >= 0.6 is 0 Å². The van der Waals surface area contributed by atoms with E-state index in [1.807, 2.05) is 62.4 Å². The van der Waals surface area contributed by atoms with E-state index in [0.29, 0.717) is 0 Å². The number of ether oxygens (including phenoxy) is 1. The van der Waals surface area contributed by atoms with Gasteiger partial charge in [0.15, 0.2) is 5.78 Å². The molecule has 0 aromatic heterocycles. The summed E-state index contributed by atoms with van der Waals surface area (Å²) in [6.07, 6.45) is 12.9. The highest BCUT2D eigenvalue weighted by Crippen LogP contribution is 2.42. The van der Waals surface area contributed by atoms with E-state index in [0.717, 1.165) is 165 Å². The number of aryl methyl sites for hydroxylation is 16. The fourth-order valence-electron chi connectivity index (χ4n) is 17.4. The van der Waals surface area contributed by atoms with E-state index < -0.39 is 0 Å². The standard InChI is InChI=1S/C17H18O.C16H18O.2C16H18.3C10H20.C9H18.C8H18.C6H16N2.C6H14/c1-11-5-7-15(9-13(11)3)17(18)16-8-6-12(2)14(4)10-16;1-11-5-7-15(9-13(11)3)17-16-8-6-12(2)14(4)10-16;1-11-5-12(2)8-15(7-11)16-9-13(3)6-14(4)10-16;1-11-5-7-15(9-13(11)3)16-8-6-12(2)14(4)10-16;1-7-5-9(3)10(4)6-8(7)2;1-7-5-8(2)10(4)9(3)6-7;1-7-5-6-8(2)10(4)9(7)3;1-6-5-7(2)9(4)8(6)3;2*1-7(2)5-6-8(3)4;1-5(2)6(3)4/h5-10H,1-4H3;5-10H,1-4H3;2*5-10H,1-4H3;3*7-10H,5-6H2,1-4H3;6-9H,5H2,1-4H3;7-8H,5-6H2,1-4H3;5-6H2,1-4H3;5-6H,1-4H3. The van der Waals surface area contributed by atoms with Gasteiger partial charge in [-0.2, -0.15) is 0 Å². The van der Waals surface area contributed by atoms with Crippen LogP contribution in [-0.2, 0) is 0 Å². The first kappa shape index (κ1) is 117. The maximum atomic E-state index is 12.4. The molecule has 4 aliphatic carbocycles. The van der Waals surface area contributed by atoms with Crippen molar-refractivity contribution in [2.24, 2.45) is 118 Å². The van der Waals surface area contributed by atoms with Crippen molar-refractivity contribution in [1.82, 2.24) is 9.80 Å². The predicted octanol–water partition coefficient (Wildman–Crippen LogP) is 36.4. The van der Waals surface area contributed by atoms with Crippen LogP contribution in [0.2, 0.25) is 0 Å². The summed E-state index contributed by atoms with van der Waals surface area (Å²) in [5.41, 5.74) is 27.4. The summed E-state index contributed by atoms with van der Waals surface area (Å²) in [6, 6.07) is 50.8. The first-order valence-electron chi connectivity index (χ1n) is 50.7. The van der Waals surface area contributed by atoms with E-state index in [1.165, 1.54) is 158 Å². The lowest BCUT2D eigenvalue weighted by molar-refractivity contribution is 0.103. The largest absolute Gasteiger partial charge is 0.457 e. The summed E-state index contributed by atoms with van der Waals surface area (Å²) in [7, 11) is 8.35. The molecular formula is C124H198N2O2. The Labute approximate surface area is 793 Å². The highest BCUT2D eigenvalue weighted by Gasteiger charge is 2.33. The normalized spacial score (nSPS) is 22.6. The molecule has 0 N–H and O–H groups in total. The number of hydrogen-bond acceptors (Lipinski definition) is 4. The van der Waals surface area contributed by atoms with Crippen molar-refractivity contribution in [2.75, 3.05) is 41.3 Å². The van der Waals surface area contributed by atoms with Gasteiger partial charge in [-0.1, -0.05) is 323 Å². The molecule has 0 saturated heterocycles. The SMILES string of the molecule is CC(C)C(C)C.CC(C)CCC(C)C.CC1CC(C)C(C)C(C)C1.CC1CC(C)C(C)C1C.CC1CC(C)C(C)CC1C.CC1CCC(C)C(C)C1C.CN(C)CCN(C)C.Cc1cc(C)cc(-c2cc(C)cc(C)c2)c1.Cc1ccc(-c2ccc(C)c(C)c2)cc1C.Cc1ccc(C(=O)c2ccc(C)c(C)c2)cc1C.Cc1ccc(Oc2ccc(C)c(C)c2)cc1C. The molecule has 4 nitrogen and oxygen atoms in total. The summed E-state index contributed by atoms with van der Waals surface area (Å²) in [4.78, 5) is 16.7. The molecule has 8 aromatic carbocycles. The maximum absolute atomic E-state index is 12.4. The molecular weight excluding hydrogens is 1550 g/mol. The number of nitrogens with zero attached hydrogens (tertiary/aromatic N) is 2. The van der Waals surface area contributed by atoms with Crippen LogP contribution in [0.3, 0.4) is 0 Å². The van der Waals surface area contributed by atoms with Gasteiger partial charge >= 0.3 is 0 Å². The molecule has 12 rings (SSSR count). The Balaban J connectivity index is 0.000000484. The van der Waals surface area contributed by atoms with Crippen LogP contribution in [0.25, 0.3) is 22.3 Å². The van der Waals surface area contributed by atoms with Crippen LogP contribution < -0.4 is 4.74 Å². The molecule has 4 aliphatic rings. The van der Waals surface area contributed by atoms with Gasteiger partial charge in [0.1, 0.15) is 11.5 Å². The second kappa shape index (κ2) is 58.9. The minimum atomic E-state index is 0.0983. The van der Waals surface area contributed by atoms with E-state index >= 15 is 0 Å². The zero-order chi connectivity index (χ0) is 97.6. The van der Waals surface area contributed by atoms with Crippen molar-refractivity contribution in [2.45, 2.75) is 335 Å². The molecule has 128 heavy (non-hydrogen) atoms. The van der Waals surface area contributed by atoms with Crippen molar-refractivity contribution in [1.29, 1.82) is 0 Å². The van der Waals surface area contributed by atoms with E-state index in [-0.39, 0.29) is 5.78 Å². The Morgan fingerprint density at radius 1 is 0.273 bits per heavy atom. The minimum Gasteiger partial charge on any atom is -0.457 e. The first-order valence-corrected chi connectivity index (χ1v) is 50.7. The Kier molecular flexibility index (Phi) is 54.0. The zero-order valence-corrected chi connectivity index (χ0v) is 91.4. The topological polar surface area (TPSA) is 32.8 Å². The van der Waals surface area contributed by atoms with Crippen molar-refractivity contribution < 1.29 is 9.53 Å². The van der Waals surface area contributed by atoms with Crippen molar-refractivity contribution in [3.8, 4) is 33.8 Å². The van der Waals surface area contributed by atoms with Gasteiger partial charge in [0, 0.05) is 24.2 Å². The third-order valence-corrected chi connectivity index (χ3v) is 30.3. The fourth-order valence-corrected chi connectivity index (χ4v) is 17.4. The lowest BCUT2D eigenvalue weighted by atomic mass is 9.69. The Hall–Kier alpha value is -6.85. The molecule has 0 heterocycles. The van der Waals surface area contributed by atoms with Crippen LogP contribution in [0.4, 0.5) is 0 Å². The van der Waals surface area contributed by atoms with Crippen LogP contribution in [0.1, 0.15) is 329 Å². The highest BCUT2D eigenvalue weighted by atomic mass is 16.5. The number of carbonyl (C=O) groups is 1. The molecule has 4 fully saturated rings. The molecule has 0 radical (unpaired) electrons. The lowest BCUT2D eigenvalue weighted by Crippen LogP contribution is -2.27. The molecule has 14 unspecified atom stereocenters. The van der Waals surface area contributed by atoms with E-state index in [2.05, 4.69) is 398 Å². The average molecular weight is 1750 g/mol. The molecule has 0 spiro atoms. The summed E-state index contributed by atoms with van der Waals surface area (Å²) < 4.78 is 5.85. The molecule has 4 saturated carbocycles. The van der Waals surface area contributed by atoms with Crippen LogP contribution in [0.15, 0.2) is 146 Å². The average Bonchev–Trinajstić information content (AvgIpc) is 1.02. The van der Waals surface area contributed by atoms with Crippen molar-refractivity contribution >= 4 is 5.78 Å². The summed E-state index contributed by atoms with van der Waals surface area (Å²) in [5.74, 6) is 20.7. The number of likely N-dealkylation sites (N-methyl/N-ethyl adjacent to an activating group) is 2. The maximum Gasteiger partial charge on any atom is 0.193 e. The summed E-state index contributed by atoms with van der Waals surface area (Å²) in [5, 5.41) is 0. The van der Waals surface area contributed by atoms with Gasteiger partial charge in [-0.15, -0.1) is 0 Å². The number of benzene rings is 8. The van der Waals surface area contributed by atoms with Gasteiger partial charge < -0.3 is 14.5 Å². The summed E-state index contributed by atoms with van der Waals surface area (Å²) >= 11 is 0. The van der Waals surface area contributed by atoms with Gasteiger partial charge in [0.2, 0.25) is 0 Å². The molecule has 0 bridgehead atoms. The zero-order valence-electron chi connectivity index (χ0n) is 91.4. The predicted molar refractivity (Wildman–Crippen MR) is 573 cm³/mol. The Morgan fingerprint density at radius 2 is 0.523 bits per heavy atom. The van der Waals surface area contributed by atoms with Crippen LogP contribution in [0.5, 0.6) is 11.5 Å². The van der Waals surface area contributed by atoms with Crippen molar-refractivity contribution in [3.05, 3.63) is 246 Å². The second-order valence-corrected chi connectivity index (χ2v) is 44.3. The highest BCUT2D eigenvalue weighted by molar-refractivity contribution is 6.09. The molecule has 0 amide bonds. The smallest absolute Gasteiger partial charge is 0.193 e. The van der Waals surface area contributed by atoms with E-state index in [1.54, 1.807) is 0 Å². The Morgan fingerprint density at radius 3 is 0.766 bits per heavy atom. The molecule has 8 aromatic rings. The molecule has 4 heteroatoms. The fraction of sp³-hybridized carbons (Fsp3) is 0.605. The third-order valence-electron chi connectivity index (χ3n) is 30.3. The second-order valence-electron chi connectivity index (χ2n) is 44.3.